The van der Waals surface area contributed by atoms with E-state index in [0.717, 1.165) is 5.56 Å². The lowest BCUT2D eigenvalue weighted by molar-refractivity contribution is 0.0555. The number of aliphatic hydroxyl groups is 1. The Morgan fingerprint density at radius 3 is 2.88 bits per heavy atom. The van der Waals surface area contributed by atoms with Crippen molar-refractivity contribution in [2.75, 3.05) is 6.54 Å². The fourth-order valence-corrected chi connectivity index (χ4v) is 2.01. The van der Waals surface area contributed by atoms with Crippen molar-refractivity contribution >= 4 is 17.3 Å². The first-order valence-electron chi connectivity index (χ1n) is 5.19. The number of aromatic carboxylic acids is 1. The quantitative estimate of drug-likeness (QED) is 0.711. The Kier molecular flexibility index (Phi) is 4.46. The molecule has 0 saturated carbocycles. The zero-order chi connectivity index (χ0) is 12.2. The number of carboxylic acids is 1. The maximum atomic E-state index is 10.8. The van der Waals surface area contributed by atoms with Gasteiger partial charge in [0.05, 0.1) is 5.60 Å². The minimum Gasteiger partial charge on any atom is -0.477 e. The molecule has 0 aliphatic carbocycles. The standard InChI is InChI=1S/C11H17NO3S/c1-3-11(2,15)7-12-6-8-4-5-16-9(8)10(13)14/h4-5,12,15H,3,6-7H2,1-2H3,(H,13,14). The first-order chi connectivity index (χ1) is 7.46. The second-order valence-electron chi connectivity index (χ2n) is 4.03. The Balaban J connectivity index is 2.49. The van der Waals surface area contributed by atoms with Gasteiger partial charge in [0, 0.05) is 13.1 Å². The van der Waals surface area contributed by atoms with Gasteiger partial charge in [0.2, 0.25) is 0 Å². The van der Waals surface area contributed by atoms with Crippen LogP contribution in [0.1, 0.15) is 35.5 Å². The van der Waals surface area contributed by atoms with Crippen LogP contribution in [-0.2, 0) is 6.54 Å². The van der Waals surface area contributed by atoms with Crippen molar-refractivity contribution in [3.63, 3.8) is 0 Å². The molecule has 1 rings (SSSR count). The molecule has 0 amide bonds. The first kappa shape index (κ1) is 13.2. The van der Waals surface area contributed by atoms with Crippen LogP contribution in [0.3, 0.4) is 0 Å². The van der Waals surface area contributed by atoms with Crippen LogP contribution in [0.5, 0.6) is 0 Å². The Hall–Kier alpha value is -0.910. The number of carbonyl (C=O) groups is 1. The normalized spacial score (nSPS) is 14.7. The van der Waals surface area contributed by atoms with Crippen molar-refractivity contribution in [3.05, 3.63) is 21.9 Å². The van der Waals surface area contributed by atoms with Gasteiger partial charge < -0.3 is 15.5 Å². The van der Waals surface area contributed by atoms with Gasteiger partial charge in [0.15, 0.2) is 0 Å². The minimum atomic E-state index is -0.894. The summed E-state index contributed by atoms with van der Waals surface area (Å²) in [6.45, 7) is 4.60. The first-order valence-corrected chi connectivity index (χ1v) is 6.07. The average molecular weight is 243 g/mol. The van der Waals surface area contributed by atoms with E-state index in [4.69, 9.17) is 5.11 Å². The highest BCUT2D eigenvalue weighted by Gasteiger charge is 2.17. The van der Waals surface area contributed by atoms with Crippen LogP contribution in [0.2, 0.25) is 0 Å². The summed E-state index contributed by atoms with van der Waals surface area (Å²) in [5.74, 6) is -0.894. The molecule has 0 radical (unpaired) electrons. The van der Waals surface area contributed by atoms with E-state index >= 15 is 0 Å². The molecule has 0 aliphatic heterocycles. The predicted molar refractivity (Wildman–Crippen MR) is 63.9 cm³/mol. The molecule has 90 valence electrons. The fraction of sp³-hybridized carbons (Fsp3) is 0.545. The molecule has 1 unspecified atom stereocenters. The molecule has 0 aliphatic rings. The third-order valence-electron chi connectivity index (χ3n) is 2.52. The predicted octanol–water partition coefficient (Wildman–Crippen LogP) is 1.70. The molecule has 0 saturated heterocycles. The van der Waals surface area contributed by atoms with Crippen molar-refractivity contribution in [3.8, 4) is 0 Å². The highest BCUT2D eigenvalue weighted by molar-refractivity contribution is 7.12. The zero-order valence-electron chi connectivity index (χ0n) is 9.49. The van der Waals surface area contributed by atoms with Gasteiger partial charge in [-0.2, -0.15) is 0 Å². The van der Waals surface area contributed by atoms with E-state index < -0.39 is 11.6 Å². The van der Waals surface area contributed by atoms with Crippen LogP contribution in [0.25, 0.3) is 0 Å². The zero-order valence-corrected chi connectivity index (χ0v) is 10.3. The number of carboxylic acid groups (broad SMARTS) is 1. The molecular weight excluding hydrogens is 226 g/mol. The van der Waals surface area contributed by atoms with Crippen LogP contribution in [0.4, 0.5) is 0 Å². The van der Waals surface area contributed by atoms with Crippen molar-refractivity contribution in [2.45, 2.75) is 32.4 Å². The molecule has 1 aromatic heterocycles. The molecule has 5 heteroatoms. The van der Waals surface area contributed by atoms with E-state index in [2.05, 4.69) is 5.32 Å². The lowest BCUT2D eigenvalue weighted by atomic mass is 10.0. The van der Waals surface area contributed by atoms with Gasteiger partial charge in [-0.25, -0.2) is 4.79 Å². The van der Waals surface area contributed by atoms with E-state index in [9.17, 15) is 9.90 Å². The number of nitrogens with one attached hydrogen (secondary N) is 1. The highest BCUT2D eigenvalue weighted by atomic mass is 32.1. The molecule has 0 fully saturated rings. The molecule has 1 atom stereocenters. The Morgan fingerprint density at radius 2 is 2.31 bits per heavy atom. The van der Waals surface area contributed by atoms with Crippen molar-refractivity contribution in [2.24, 2.45) is 0 Å². The maximum absolute atomic E-state index is 10.8. The average Bonchev–Trinajstić information content (AvgIpc) is 2.66. The van der Waals surface area contributed by atoms with Crippen molar-refractivity contribution < 1.29 is 15.0 Å². The van der Waals surface area contributed by atoms with Crippen LogP contribution in [0, 0.1) is 0 Å². The van der Waals surface area contributed by atoms with Crippen LogP contribution in [0.15, 0.2) is 11.4 Å². The highest BCUT2D eigenvalue weighted by Crippen LogP contribution is 2.16. The molecule has 0 bridgehead atoms. The van der Waals surface area contributed by atoms with Crippen LogP contribution < -0.4 is 5.32 Å². The van der Waals surface area contributed by atoms with Gasteiger partial charge in [-0.05, 0) is 30.4 Å². The Morgan fingerprint density at radius 1 is 1.62 bits per heavy atom. The molecule has 1 aromatic rings. The van der Waals surface area contributed by atoms with E-state index in [-0.39, 0.29) is 0 Å². The third-order valence-corrected chi connectivity index (χ3v) is 3.47. The van der Waals surface area contributed by atoms with Crippen molar-refractivity contribution in [1.29, 1.82) is 0 Å². The lowest BCUT2D eigenvalue weighted by Gasteiger charge is -2.21. The van der Waals surface area contributed by atoms with E-state index in [1.54, 1.807) is 18.4 Å². The Bertz CT molecular complexity index is 360. The number of thiophene rings is 1. The number of hydrogen-bond acceptors (Lipinski definition) is 4. The number of rotatable bonds is 6. The summed E-state index contributed by atoms with van der Waals surface area (Å²) in [6, 6.07) is 1.79. The monoisotopic (exact) mass is 243 g/mol. The molecule has 0 aromatic carbocycles. The summed E-state index contributed by atoms with van der Waals surface area (Å²) in [5, 5.41) is 23.5. The van der Waals surface area contributed by atoms with Gasteiger partial charge in [-0.3, -0.25) is 0 Å². The third kappa shape index (κ3) is 3.59. The van der Waals surface area contributed by atoms with E-state index in [1.807, 2.05) is 6.92 Å². The number of hydrogen-bond donors (Lipinski definition) is 3. The smallest absolute Gasteiger partial charge is 0.346 e. The minimum absolute atomic E-state index is 0.364. The van der Waals surface area contributed by atoms with Gasteiger partial charge in [-0.15, -0.1) is 11.3 Å². The second kappa shape index (κ2) is 5.43. The fourth-order valence-electron chi connectivity index (χ4n) is 1.25. The summed E-state index contributed by atoms with van der Waals surface area (Å²) >= 11 is 1.22. The molecule has 4 nitrogen and oxygen atoms in total. The van der Waals surface area contributed by atoms with E-state index in [0.29, 0.717) is 24.4 Å². The van der Waals surface area contributed by atoms with Gasteiger partial charge >= 0.3 is 5.97 Å². The SMILES string of the molecule is CCC(C)(O)CNCc1ccsc1C(=O)O. The van der Waals surface area contributed by atoms with Gasteiger partial charge in [0.25, 0.3) is 0 Å². The van der Waals surface area contributed by atoms with Crippen molar-refractivity contribution in [1.82, 2.24) is 5.32 Å². The summed E-state index contributed by atoms with van der Waals surface area (Å²) in [6.07, 6.45) is 0.662. The maximum Gasteiger partial charge on any atom is 0.346 e. The lowest BCUT2D eigenvalue weighted by Crippen LogP contribution is -2.36. The van der Waals surface area contributed by atoms with Gasteiger partial charge in [-0.1, -0.05) is 6.92 Å². The van der Waals surface area contributed by atoms with E-state index in [1.165, 1.54) is 11.3 Å². The molecular formula is C11H17NO3S. The molecule has 1 heterocycles. The summed E-state index contributed by atoms with van der Waals surface area (Å²) < 4.78 is 0. The van der Waals surface area contributed by atoms with Gasteiger partial charge in [0.1, 0.15) is 4.88 Å². The largest absolute Gasteiger partial charge is 0.477 e. The molecule has 16 heavy (non-hydrogen) atoms. The topological polar surface area (TPSA) is 69.6 Å². The molecule has 0 spiro atoms. The second-order valence-corrected chi connectivity index (χ2v) is 4.95. The summed E-state index contributed by atoms with van der Waals surface area (Å²) in [5.41, 5.74) is 0.0313. The van der Waals surface area contributed by atoms with Crippen LogP contribution >= 0.6 is 11.3 Å². The van der Waals surface area contributed by atoms with Crippen LogP contribution in [-0.4, -0.2) is 28.3 Å². The summed E-state index contributed by atoms with van der Waals surface area (Å²) in [4.78, 5) is 11.2. The summed E-state index contributed by atoms with van der Waals surface area (Å²) in [7, 11) is 0. The molecule has 3 N–H and O–H groups in total. The Labute approximate surface area is 98.9 Å².